The van der Waals surface area contributed by atoms with Crippen LogP contribution in [0.15, 0.2) is 0 Å². The van der Waals surface area contributed by atoms with E-state index in [-0.39, 0.29) is 29.9 Å². The number of carbonyl (C=O) groups is 3. The SMILES string of the molecule is CC[C@@](C)(C(=O)NC1CCCC1)N(C[C@@H]1CCCO1)C(=O)[C@@H]1CCC(=O)N1. The Bertz CT molecular complexity index is 570. The van der Waals surface area contributed by atoms with Crippen molar-refractivity contribution < 1.29 is 19.1 Å². The third kappa shape index (κ3) is 4.45. The Balaban J connectivity index is 1.79. The van der Waals surface area contributed by atoms with E-state index in [4.69, 9.17) is 4.74 Å². The van der Waals surface area contributed by atoms with Gasteiger partial charge in [-0.25, -0.2) is 0 Å². The molecule has 0 spiro atoms. The predicted octanol–water partition coefficient (Wildman–Crippen LogP) is 1.50. The molecule has 7 nitrogen and oxygen atoms in total. The molecule has 27 heavy (non-hydrogen) atoms. The lowest BCUT2D eigenvalue weighted by molar-refractivity contribution is -0.151. The minimum absolute atomic E-state index is 0.0452. The number of rotatable bonds is 7. The summed E-state index contributed by atoms with van der Waals surface area (Å²) in [6.07, 6.45) is 7.48. The summed E-state index contributed by atoms with van der Waals surface area (Å²) in [6, 6.07) is -0.335. The molecule has 2 heterocycles. The topological polar surface area (TPSA) is 87.7 Å². The van der Waals surface area contributed by atoms with E-state index < -0.39 is 11.6 Å². The highest BCUT2D eigenvalue weighted by molar-refractivity contribution is 5.96. The first kappa shape index (κ1) is 20.1. The quantitative estimate of drug-likeness (QED) is 0.702. The summed E-state index contributed by atoms with van der Waals surface area (Å²) in [7, 11) is 0. The molecule has 0 bridgehead atoms. The third-order valence-corrected chi connectivity index (χ3v) is 6.43. The largest absolute Gasteiger partial charge is 0.376 e. The maximum absolute atomic E-state index is 13.3. The van der Waals surface area contributed by atoms with Crippen molar-refractivity contribution in [3.05, 3.63) is 0 Å². The van der Waals surface area contributed by atoms with Crippen molar-refractivity contribution in [3.63, 3.8) is 0 Å². The Kier molecular flexibility index (Phi) is 6.40. The van der Waals surface area contributed by atoms with E-state index >= 15 is 0 Å². The van der Waals surface area contributed by atoms with E-state index in [0.29, 0.717) is 32.4 Å². The van der Waals surface area contributed by atoms with Gasteiger partial charge in [-0.15, -0.1) is 0 Å². The van der Waals surface area contributed by atoms with Crippen molar-refractivity contribution in [3.8, 4) is 0 Å². The fraction of sp³-hybridized carbons (Fsp3) is 0.850. The van der Waals surface area contributed by atoms with Crippen molar-refractivity contribution >= 4 is 17.7 Å². The summed E-state index contributed by atoms with van der Waals surface area (Å²) in [6.45, 7) is 4.88. The van der Waals surface area contributed by atoms with Gasteiger partial charge < -0.3 is 20.3 Å². The minimum atomic E-state index is -0.945. The van der Waals surface area contributed by atoms with Crippen molar-refractivity contribution in [2.24, 2.45) is 0 Å². The number of carbonyl (C=O) groups excluding carboxylic acids is 3. The molecule has 2 N–H and O–H groups in total. The highest BCUT2D eigenvalue weighted by Gasteiger charge is 2.45. The molecule has 2 aliphatic heterocycles. The highest BCUT2D eigenvalue weighted by atomic mass is 16.5. The second kappa shape index (κ2) is 8.59. The lowest BCUT2D eigenvalue weighted by Crippen LogP contribution is -2.63. The van der Waals surface area contributed by atoms with Gasteiger partial charge in [0.15, 0.2) is 0 Å². The molecule has 0 radical (unpaired) electrons. The van der Waals surface area contributed by atoms with Gasteiger partial charge in [0, 0.05) is 25.6 Å². The van der Waals surface area contributed by atoms with Crippen LogP contribution in [0.2, 0.25) is 0 Å². The van der Waals surface area contributed by atoms with Crippen LogP contribution in [0.25, 0.3) is 0 Å². The molecular formula is C20H33N3O4. The van der Waals surface area contributed by atoms with Crippen LogP contribution in [0, 0.1) is 0 Å². The lowest BCUT2D eigenvalue weighted by Gasteiger charge is -2.42. The number of ether oxygens (including phenoxy) is 1. The number of amides is 3. The molecule has 152 valence electrons. The van der Waals surface area contributed by atoms with Gasteiger partial charge in [0.1, 0.15) is 11.6 Å². The number of hydrogen-bond donors (Lipinski definition) is 2. The van der Waals surface area contributed by atoms with E-state index in [2.05, 4.69) is 10.6 Å². The van der Waals surface area contributed by atoms with Crippen LogP contribution < -0.4 is 10.6 Å². The van der Waals surface area contributed by atoms with E-state index in [0.717, 1.165) is 38.5 Å². The lowest BCUT2D eigenvalue weighted by atomic mass is 9.92. The number of nitrogens with zero attached hydrogens (tertiary/aromatic N) is 1. The fourth-order valence-electron chi connectivity index (χ4n) is 4.40. The Labute approximate surface area is 161 Å². The molecule has 1 saturated carbocycles. The van der Waals surface area contributed by atoms with Crippen LogP contribution in [-0.2, 0) is 19.1 Å². The van der Waals surface area contributed by atoms with Gasteiger partial charge in [0.2, 0.25) is 17.7 Å². The molecule has 2 saturated heterocycles. The van der Waals surface area contributed by atoms with E-state index in [9.17, 15) is 14.4 Å². The third-order valence-electron chi connectivity index (χ3n) is 6.43. The average Bonchev–Trinajstić information content (AvgIpc) is 3.41. The Morgan fingerprint density at radius 2 is 1.96 bits per heavy atom. The summed E-state index contributed by atoms with van der Waals surface area (Å²) >= 11 is 0. The molecule has 0 aromatic rings. The molecule has 3 amide bonds. The summed E-state index contributed by atoms with van der Waals surface area (Å²) in [5.74, 6) is -0.353. The average molecular weight is 380 g/mol. The van der Waals surface area contributed by atoms with Gasteiger partial charge in [-0.1, -0.05) is 19.8 Å². The first-order valence-corrected chi connectivity index (χ1v) is 10.5. The molecule has 0 aromatic heterocycles. The molecule has 7 heteroatoms. The van der Waals surface area contributed by atoms with Crippen LogP contribution >= 0.6 is 0 Å². The van der Waals surface area contributed by atoms with E-state index in [1.54, 1.807) is 4.90 Å². The maximum atomic E-state index is 13.3. The van der Waals surface area contributed by atoms with Crippen LogP contribution in [0.3, 0.4) is 0 Å². The zero-order chi connectivity index (χ0) is 19.4. The molecule has 1 aliphatic carbocycles. The zero-order valence-electron chi connectivity index (χ0n) is 16.6. The van der Waals surface area contributed by atoms with Gasteiger partial charge in [0.25, 0.3) is 0 Å². The van der Waals surface area contributed by atoms with Crippen molar-refractivity contribution in [1.82, 2.24) is 15.5 Å². The fourth-order valence-corrected chi connectivity index (χ4v) is 4.40. The molecule has 3 fully saturated rings. The van der Waals surface area contributed by atoms with Gasteiger partial charge in [-0.2, -0.15) is 0 Å². The zero-order valence-corrected chi connectivity index (χ0v) is 16.6. The monoisotopic (exact) mass is 379 g/mol. The molecule has 3 rings (SSSR count). The molecule has 3 atom stereocenters. The van der Waals surface area contributed by atoms with E-state index in [1.165, 1.54) is 0 Å². The summed E-state index contributed by atoms with van der Waals surface area (Å²) in [5.41, 5.74) is -0.945. The van der Waals surface area contributed by atoms with Crippen molar-refractivity contribution in [2.45, 2.75) is 95.4 Å². The molecule has 3 aliphatic rings. The summed E-state index contributed by atoms with van der Waals surface area (Å²) < 4.78 is 5.76. The first-order chi connectivity index (χ1) is 12.9. The first-order valence-electron chi connectivity index (χ1n) is 10.5. The highest BCUT2D eigenvalue weighted by Crippen LogP contribution is 2.27. The Hall–Kier alpha value is -1.63. The van der Waals surface area contributed by atoms with E-state index in [1.807, 2.05) is 13.8 Å². The second-order valence-electron chi connectivity index (χ2n) is 8.32. The van der Waals surface area contributed by atoms with Crippen LogP contribution in [0.5, 0.6) is 0 Å². The second-order valence-corrected chi connectivity index (χ2v) is 8.32. The number of hydrogen-bond acceptors (Lipinski definition) is 4. The van der Waals surface area contributed by atoms with Crippen LogP contribution in [0.1, 0.15) is 71.6 Å². The summed E-state index contributed by atoms with van der Waals surface area (Å²) in [4.78, 5) is 39.8. The van der Waals surface area contributed by atoms with Crippen LogP contribution in [0.4, 0.5) is 0 Å². The number of nitrogens with one attached hydrogen (secondary N) is 2. The predicted molar refractivity (Wildman–Crippen MR) is 101 cm³/mol. The Morgan fingerprint density at radius 1 is 1.22 bits per heavy atom. The normalized spacial score (nSPS) is 28.0. The minimum Gasteiger partial charge on any atom is -0.376 e. The summed E-state index contributed by atoms with van der Waals surface area (Å²) in [5, 5.41) is 5.93. The van der Waals surface area contributed by atoms with Crippen molar-refractivity contribution in [1.29, 1.82) is 0 Å². The van der Waals surface area contributed by atoms with Gasteiger partial charge in [0.05, 0.1) is 6.10 Å². The van der Waals surface area contributed by atoms with Crippen LogP contribution in [-0.4, -0.2) is 59.5 Å². The van der Waals surface area contributed by atoms with Gasteiger partial charge in [-0.05, 0) is 45.4 Å². The van der Waals surface area contributed by atoms with Gasteiger partial charge >= 0.3 is 0 Å². The smallest absolute Gasteiger partial charge is 0.246 e. The standard InChI is InChI=1S/C20H33N3O4/c1-3-20(2,19(26)21-14-7-4-5-8-14)23(13-15-9-6-12-27-15)18(25)16-10-11-17(24)22-16/h14-16H,3-13H2,1-2H3,(H,21,26)(H,22,24)/t15-,16-,20-/m0/s1. The molecular weight excluding hydrogens is 346 g/mol. The maximum Gasteiger partial charge on any atom is 0.246 e. The Morgan fingerprint density at radius 3 is 2.52 bits per heavy atom. The van der Waals surface area contributed by atoms with Crippen molar-refractivity contribution in [2.75, 3.05) is 13.2 Å². The molecule has 0 aromatic carbocycles. The van der Waals surface area contributed by atoms with Gasteiger partial charge in [-0.3, -0.25) is 14.4 Å². The molecule has 0 unspecified atom stereocenters.